The third kappa shape index (κ3) is 1.60. The molecule has 1 rings (SSSR count). The minimum absolute atomic E-state index is 0.237. The molecule has 0 aromatic carbocycles. The number of hydroxylamine groups is 1. The molecule has 11 heavy (non-hydrogen) atoms. The van der Waals surface area contributed by atoms with Crippen molar-refractivity contribution in [2.24, 2.45) is 5.41 Å². The minimum Gasteiger partial charge on any atom is -0.289 e. The van der Waals surface area contributed by atoms with Gasteiger partial charge in [0.05, 0.1) is 5.41 Å². The van der Waals surface area contributed by atoms with E-state index in [0.29, 0.717) is 0 Å². The first-order valence-corrected chi connectivity index (χ1v) is 3.80. The monoisotopic (exact) mass is 155 g/mol. The first-order valence-electron chi connectivity index (χ1n) is 3.80. The van der Waals surface area contributed by atoms with E-state index in [0.717, 1.165) is 25.7 Å². The second-order valence-corrected chi connectivity index (χ2v) is 3.05. The number of hydrogen-bond acceptors (Lipinski definition) is 2. The third-order valence-corrected chi connectivity index (χ3v) is 2.26. The number of nitrogens with one attached hydrogen (secondary N) is 1. The summed E-state index contributed by atoms with van der Waals surface area (Å²) in [6.07, 6.45) is 5.24. The van der Waals surface area contributed by atoms with Crippen molar-refractivity contribution in [2.45, 2.75) is 25.7 Å². The summed E-state index contributed by atoms with van der Waals surface area (Å²) in [5, 5.41) is 8.38. The van der Waals surface area contributed by atoms with E-state index < -0.39 is 0 Å². The molecule has 0 radical (unpaired) electrons. The number of carbonyl (C=O) groups excluding carboxylic acids is 1. The Hall–Kier alpha value is -0.830. The van der Waals surface area contributed by atoms with Crippen molar-refractivity contribution in [3.63, 3.8) is 0 Å². The van der Waals surface area contributed by atoms with E-state index in [4.69, 9.17) is 5.21 Å². The Morgan fingerprint density at radius 1 is 1.73 bits per heavy atom. The summed E-state index contributed by atoms with van der Waals surface area (Å²) in [6.45, 7) is 3.58. The van der Waals surface area contributed by atoms with Crippen LogP contribution in [0.3, 0.4) is 0 Å². The summed E-state index contributed by atoms with van der Waals surface area (Å²) < 4.78 is 0. The van der Waals surface area contributed by atoms with Crippen molar-refractivity contribution >= 4 is 5.91 Å². The van der Waals surface area contributed by atoms with Crippen molar-refractivity contribution < 1.29 is 10.0 Å². The average molecular weight is 155 g/mol. The highest BCUT2D eigenvalue weighted by molar-refractivity contribution is 5.84. The van der Waals surface area contributed by atoms with Gasteiger partial charge >= 0.3 is 0 Å². The summed E-state index contributed by atoms with van der Waals surface area (Å²) in [6, 6.07) is 0. The fraction of sp³-hybridized carbons (Fsp3) is 0.625. The molecule has 1 aliphatic rings. The van der Waals surface area contributed by atoms with Crippen LogP contribution in [0.5, 0.6) is 0 Å². The lowest BCUT2D eigenvalue weighted by atomic mass is 10.00. The van der Waals surface area contributed by atoms with Gasteiger partial charge in [0.2, 0.25) is 5.91 Å². The fourth-order valence-corrected chi connectivity index (χ4v) is 1.24. The Bertz CT molecular complexity index is 173. The molecule has 0 unspecified atom stereocenters. The van der Waals surface area contributed by atoms with Gasteiger partial charge in [0, 0.05) is 0 Å². The summed E-state index contributed by atoms with van der Waals surface area (Å²) in [5.41, 5.74) is 1.44. The van der Waals surface area contributed by atoms with Crippen LogP contribution in [0.2, 0.25) is 0 Å². The van der Waals surface area contributed by atoms with Crippen molar-refractivity contribution in [2.75, 3.05) is 0 Å². The maximum atomic E-state index is 11.0. The molecule has 0 aliphatic heterocycles. The zero-order valence-corrected chi connectivity index (χ0v) is 6.47. The fourth-order valence-electron chi connectivity index (χ4n) is 1.24. The van der Waals surface area contributed by atoms with E-state index in [-0.39, 0.29) is 11.3 Å². The second kappa shape index (κ2) is 3.05. The standard InChI is InChI=1S/C8H13NO2/c1-2-3-4-8(5-6-8)7(10)9-11/h2,11H,1,3-6H2,(H,9,10). The minimum atomic E-state index is -0.261. The quantitative estimate of drug-likeness (QED) is 0.364. The topological polar surface area (TPSA) is 49.3 Å². The maximum Gasteiger partial charge on any atom is 0.249 e. The van der Waals surface area contributed by atoms with Crippen LogP contribution in [-0.2, 0) is 4.79 Å². The van der Waals surface area contributed by atoms with Crippen LogP contribution in [0.1, 0.15) is 25.7 Å². The number of rotatable bonds is 4. The van der Waals surface area contributed by atoms with Crippen LogP contribution in [0.15, 0.2) is 12.7 Å². The molecule has 0 bridgehead atoms. The highest BCUT2D eigenvalue weighted by Gasteiger charge is 2.48. The van der Waals surface area contributed by atoms with Crippen LogP contribution < -0.4 is 5.48 Å². The molecule has 2 N–H and O–H groups in total. The molecule has 0 aromatic heterocycles. The van der Waals surface area contributed by atoms with E-state index >= 15 is 0 Å². The first-order chi connectivity index (χ1) is 5.25. The van der Waals surface area contributed by atoms with E-state index in [1.54, 1.807) is 11.6 Å². The van der Waals surface area contributed by atoms with Crippen LogP contribution in [0.25, 0.3) is 0 Å². The molecule has 1 aliphatic carbocycles. The van der Waals surface area contributed by atoms with Crippen LogP contribution in [0, 0.1) is 5.41 Å². The predicted octanol–water partition coefficient (Wildman–Crippen LogP) is 1.24. The lowest BCUT2D eigenvalue weighted by Gasteiger charge is -2.09. The molecular formula is C8H13NO2. The van der Waals surface area contributed by atoms with Crippen molar-refractivity contribution in [1.82, 2.24) is 5.48 Å². The molecule has 0 aromatic rings. The Morgan fingerprint density at radius 3 is 2.73 bits per heavy atom. The van der Waals surface area contributed by atoms with Gasteiger partial charge < -0.3 is 0 Å². The lowest BCUT2D eigenvalue weighted by molar-refractivity contribution is -0.135. The second-order valence-electron chi connectivity index (χ2n) is 3.05. The molecule has 0 saturated heterocycles. The number of carbonyl (C=O) groups is 1. The Labute approximate surface area is 66.1 Å². The normalized spacial score (nSPS) is 19.0. The Kier molecular flexibility index (Phi) is 2.29. The van der Waals surface area contributed by atoms with E-state index in [1.807, 2.05) is 0 Å². The van der Waals surface area contributed by atoms with Crippen LogP contribution >= 0.6 is 0 Å². The highest BCUT2D eigenvalue weighted by atomic mass is 16.5. The number of hydrogen-bond donors (Lipinski definition) is 2. The molecule has 1 amide bonds. The van der Waals surface area contributed by atoms with E-state index in [1.165, 1.54) is 0 Å². The lowest BCUT2D eigenvalue weighted by Crippen LogP contribution is -2.29. The van der Waals surface area contributed by atoms with E-state index in [2.05, 4.69) is 6.58 Å². The van der Waals surface area contributed by atoms with Gasteiger partial charge in [-0.15, -0.1) is 6.58 Å². The molecule has 62 valence electrons. The predicted molar refractivity (Wildman–Crippen MR) is 41.0 cm³/mol. The third-order valence-electron chi connectivity index (χ3n) is 2.26. The number of allylic oxidation sites excluding steroid dienone is 1. The molecule has 3 nitrogen and oxygen atoms in total. The van der Waals surface area contributed by atoms with Gasteiger partial charge in [-0.05, 0) is 25.7 Å². The number of amides is 1. The van der Waals surface area contributed by atoms with Crippen LogP contribution in [0.4, 0.5) is 0 Å². The van der Waals surface area contributed by atoms with Gasteiger partial charge in [0.1, 0.15) is 0 Å². The van der Waals surface area contributed by atoms with Gasteiger partial charge in [-0.25, -0.2) is 5.48 Å². The van der Waals surface area contributed by atoms with Crippen molar-refractivity contribution in [1.29, 1.82) is 0 Å². The average Bonchev–Trinajstić information content (AvgIpc) is 2.80. The van der Waals surface area contributed by atoms with Crippen molar-refractivity contribution in [3.8, 4) is 0 Å². The van der Waals surface area contributed by atoms with Gasteiger partial charge in [0.25, 0.3) is 0 Å². The Morgan fingerprint density at radius 2 is 2.36 bits per heavy atom. The largest absolute Gasteiger partial charge is 0.289 e. The molecular weight excluding hydrogens is 142 g/mol. The molecule has 3 heteroatoms. The summed E-state index contributed by atoms with van der Waals surface area (Å²) >= 11 is 0. The van der Waals surface area contributed by atoms with Gasteiger partial charge in [-0.3, -0.25) is 10.0 Å². The maximum absolute atomic E-state index is 11.0. The zero-order chi connectivity index (χ0) is 8.32. The highest BCUT2D eigenvalue weighted by Crippen LogP contribution is 2.49. The van der Waals surface area contributed by atoms with Crippen LogP contribution in [-0.4, -0.2) is 11.1 Å². The smallest absolute Gasteiger partial charge is 0.249 e. The van der Waals surface area contributed by atoms with Gasteiger partial charge in [-0.2, -0.15) is 0 Å². The molecule has 0 spiro atoms. The van der Waals surface area contributed by atoms with Gasteiger partial charge in [0.15, 0.2) is 0 Å². The van der Waals surface area contributed by atoms with Crippen molar-refractivity contribution in [3.05, 3.63) is 12.7 Å². The molecule has 0 heterocycles. The first kappa shape index (κ1) is 8.27. The summed E-state index contributed by atoms with van der Waals surface area (Å²) in [5.74, 6) is -0.237. The summed E-state index contributed by atoms with van der Waals surface area (Å²) in [7, 11) is 0. The molecule has 0 atom stereocenters. The zero-order valence-electron chi connectivity index (χ0n) is 6.47. The Balaban J connectivity index is 2.40. The SMILES string of the molecule is C=CCCC1(C(=O)NO)CC1. The summed E-state index contributed by atoms with van der Waals surface area (Å²) in [4.78, 5) is 11.0. The molecule has 1 saturated carbocycles. The molecule has 1 fully saturated rings. The van der Waals surface area contributed by atoms with E-state index in [9.17, 15) is 4.79 Å². The van der Waals surface area contributed by atoms with Gasteiger partial charge in [-0.1, -0.05) is 6.08 Å².